The van der Waals surface area contributed by atoms with Crippen LogP contribution in [0.5, 0.6) is 0 Å². The van der Waals surface area contributed by atoms with Crippen molar-refractivity contribution in [2.45, 2.75) is 6.92 Å². The van der Waals surface area contributed by atoms with Crippen molar-refractivity contribution in [2.75, 3.05) is 20.3 Å². The molecule has 0 amide bonds. The lowest BCUT2D eigenvalue weighted by molar-refractivity contribution is 0.413. The second-order valence-corrected chi connectivity index (χ2v) is 2.10. The SMILES string of the molecule is C=C/C=C\N(C)CNCC. The van der Waals surface area contributed by atoms with E-state index in [9.17, 15) is 0 Å². The molecule has 0 aliphatic heterocycles. The minimum Gasteiger partial charge on any atom is -0.368 e. The van der Waals surface area contributed by atoms with Crippen LogP contribution in [0.4, 0.5) is 0 Å². The molecule has 0 atom stereocenters. The van der Waals surface area contributed by atoms with Gasteiger partial charge in [0.25, 0.3) is 0 Å². The fourth-order valence-corrected chi connectivity index (χ4v) is 0.549. The van der Waals surface area contributed by atoms with E-state index < -0.39 is 0 Å². The fourth-order valence-electron chi connectivity index (χ4n) is 0.549. The zero-order valence-corrected chi connectivity index (χ0v) is 6.80. The smallest absolute Gasteiger partial charge is 0.0673 e. The molecule has 0 bridgehead atoms. The molecule has 0 aromatic heterocycles. The monoisotopic (exact) mass is 140 g/mol. The number of rotatable bonds is 5. The molecule has 0 aliphatic rings. The van der Waals surface area contributed by atoms with E-state index in [1.807, 2.05) is 19.3 Å². The van der Waals surface area contributed by atoms with Crippen LogP contribution >= 0.6 is 0 Å². The number of nitrogens with one attached hydrogen (secondary N) is 1. The van der Waals surface area contributed by atoms with E-state index in [-0.39, 0.29) is 0 Å². The average molecular weight is 140 g/mol. The van der Waals surface area contributed by atoms with Gasteiger partial charge in [-0.3, -0.25) is 0 Å². The maximum Gasteiger partial charge on any atom is 0.0673 e. The van der Waals surface area contributed by atoms with Gasteiger partial charge in [0.05, 0.1) is 6.67 Å². The minimum absolute atomic E-state index is 0.890. The van der Waals surface area contributed by atoms with Crippen LogP contribution in [0.1, 0.15) is 6.92 Å². The number of hydrogen-bond donors (Lipinski definition) is 1. The highest BCUT2D eigenvalue weighted by Gasteiger charge is 1.84. The highest BCUT2D eigenvalue weighted by molar-refractivity contribution is 4.95. The molecule has 0 saturated carbocycles. The molecular weight excluding hydrogens is 124 g/mol. The van der Waals surface area contributed by atoms with E-state index in [1.54, 1.807) is 6.08 Å². The molecule has 58 valence electrons. The summed E-state index contributed by atoms with van der Waals surface area (Å²) in [5.41, 5.74) is 0. The quantitative estimate of drug-likeness (QED) is 0.456. The standard InChI is InChI=1S/C8H16N2/c1-4-6-7-10(3)8-9-5-2/h4,6-7,9H,1,5,8H2,2-3H3/b7-6-. The van der Waals surface area contributed by atoms with Crippen LogP contribution in [0.2, 0.25) is 0 Å². The van der Waals surface area contributed by atoms with Crippen LogP contribution in [0.15, 0.2) is 24.9 Å². The molecule has 2 nitrogen and oxygen atoms in total. The molecule has 0 aromatic carbocycles. The van der Waals surface area contributed by atoms with Gasteiger partial charge in [0.15, 0.2) is 0 Å². The van der Waals surface area contributed by atoms with Crippen LogP contribution in [0, 0.1) is 0 Å². The predicted octanol–water partition coefficient (Wildman–Crippen LogP) is 1.18. The van der Waals surface area contributed by atoms with E-state index in [4.69, 9.17) is 0 Å². The Morgan fingerprint density at radius 1 is 1.60 bits per heavy atom. The van der Waals surface area contributed by atoms with Gasteiger partial charge >= 0.3 is 0 Å². The highest BCUT2D eigenvalue weighted by Crippen LogP contribution is 1.80. The van der Waals surface area contributed by atoms with Crippen LogP contribution in [0.25, 0.3) is 0 Å². The first-order valence-electron chi connectivity index (χ1n) is 3.51. The van der Waals surface area contributed by atoms with Gasteiger partial charge in [-0.25, -0.2) is 0 Å². The number of allylic oxidation sites excluding steroid dienone is 2. The van der Waals surface area contributed by atoms with Gasteiger partial charge in [0, 0.05) is 7.05 Å². The van der Waals surface area contributed by atoms with Gasteiger partial charge in [0.2, 0.25) is 0 Å². The molecule has 0 saturated heterocycles. The predicted molar refractivity (Wildman–Crippen MR) is 45.6 cm³/mol. The van der Waals surface area contributed by atoms with Crippen molar-refractivity contribution in [1.29, 1.82) is 0 Å². The molecule has 10 heavy (non-hydrogen) atoms. The third-order valence-corrected chi connectivity index (χ3v) is 1.09. The van der Waals surface area contributed by atoms with Gasteiger partial charge in [0.1, 0.15) is 0 Å². The average Bonchev–Trinajstić information content (AvgIpc) is 1.97. The summed E-state index contributed by atoms with van der Waals surface area (Å²) in [5.74, 6) is 0. The van der Waals surface area contributed by atoms with Crippen molar-refractivity contribution in [3.05, 3.63) is 24.9 Å². The van der Waals surface area contributed by atoms with Crippen LogP contribution in [-0.2, 0) is 0 Å². The Kier molecular flexibility index (Phi) is 5.88. The van der Waals surface area contributed by atoms with Gasteiger partial charge in [-0.1, -0.05) is 19.6 Å². The third-order valence-electron chi connectivity index (χ3n) is 1.09. The van der Waals surface area contributed by atoms with Crippen LogP contribution in [0.3, 0.4) is 0 Å². The minimum atomic E-state index is 0.890. The summed E-state index contributed by atoms with van der Waals surface area (Å²) in [6, 6.07) is 0. The molecule has 0 rings (SSSR count). The van der Waals surface area contributed by atoms with Crippen LogP contribution < -0.4 is 5.32 Å². The van der Waals surface area contributed by atoms with E-state index in [1.165, 1.54) is 0 Å². The maximum atomic E-state index is 3.58. The van der Waals surface area contributed by atoms with Gasteiger partial charge < -0.3 is 10.2 Å². The fraction of sp³-hybridized carbons (Fsp3) is 0.500. The first-order chi connectivity index (χ1) is 4.81. The lowest BCUT2D eigenvalue weighted by atomic mass is 10.6. The largest absolute Gasteiger partial charge is 0.368 e. The van der Waals surface area contributed by atoms with Gasteiger partial charge in [-0.05, 0) is 18.8 Å². The summed E-state index contributed by atoms with van der Waals surface area (Å²) in [6.07, 6.45) is 5.66. The summed E-state index contributed by atoms with van der Waals surface area (Å²) in [4.78, 5) is 2.06. The van der Waals surface area contributed by atoms with Crippen molar-refractivity contribution < 1.29 is 0 Å². The molecule has 0 aliphatic carbocycles. The Morgan fingerprint density at radius 2 is 2.30 bits per heavy atom. The van der Waals surface area contributed by atoms with Crippen molar-refractivity contribution in [2.24, 2.45) is 0 Å². The Balaban J connectivity index is 3.32. The third kappa shape index (κ3) is 5.38. The van der Waals surface area contributed by atoms with E-state index >= 15 is 0 Å². The van der Waals surface area contributed by atoms with Crippen LogP contribution in [-0.4, -0.2) is 25.2 Å². The Bertz CT molecular complexity index is 108. The van der Waals surface area contributed by atoms with E-state index in [2.05, 4.69) is 23.7 Å². The molecule has 0 aromatic rings. The lowest BCUT2D eigenvalue weighted by Gasteiger charge is -2.12. The lowest BCUT2D eigenvalue weighted by Crippen LogP contribution is -2.26. The molecule has 0 spiro atoms. The summed E-state index contributed by atoms with van der Waals surface area (Å²) in [6.45, 7) is 7.56. The molecule has 1 N–H and O–H groups in total. The molecular formula is C8H16N2. The highest BCUT2D eigenvalue weighted by atomic mass is 15.2. The van der Waals surface area contributed by atoms with Gasteiger partial charge in [-0.15, -0.1) is 0 Å². The van der Waals surface area contributed by atoms with E-state index in [0.717, 1.165) is 13.2 Å². The molecule has 0 unspecified atom stereocenters. The first-order valence-corrected chi connectivity index (χ1v) is 3.51. The van der Waals surface area contributed by atoms with Crippen molar-refractivity contribution in [1.82, 2.24) is 10.2 Å². The van der Waals surface area contributed by atoms with Crippen molar-refractivity contribution in [3.8, 4) is 0 Å². The van der Waals surface area contributed by atoms with E-state index in [0.29, 0.717) is 0 Å². The zero-order chi connectivity index (χ0) is 7.82. The summed E-state index contributed by atoms with van der Waals surface area (Å²) in [5, 5.41) is 3.20. The Hall–Kier alpha value is -0.760. The van der Waals surface area contributed by atoms with Crippen molar-refractivity contribution >= 4 is 0 Å². The zero-order valence-electron chi connectivity index (χ0n) is 6.80. The molecule has 0 radical (unpaired) electrons. The Labute approximate surface area is 63.2 Å². The topological polar surface area (TPSA) is 15.3 Å². The number of hydrogen-bond acceptors (Lipinski definition) is 2. The Morgan fingerprint density at radius 3 is 2.80 bits per heavy atom. The summed E-state index contributed by atoms with van der Waals surface area (Å²) < 4.78 is 0. The molecule has 0 heterocycles. The summed E-state index contributed by atoms with van der Waals surface area (Å²) >= 11 is 0. The normalized spacial score (nSPS) is 10.2. The second kappa shape index (κ2) is 6.36. The molecule has 2 heteroatoms. The molecule has 0 fully saturated rings. The number of nitrogens with zero attached hydrogens (tertiary/aromatic N) is 1. The summed E-state index contributed by atoms with van der Waals surface area (Å²) in [7, 11) is 2.02. The second-order valence-electron chi connectivity index (χ2n) is 2.10. The van der Waals surface area contributed by atoms with Crippen molar-refractivity contribution in [3.63, 3.8) is 0 Å². The van der Waals surface area contributed by atoms with Gasteiger partial charge in [-0.2, -0.15) is 0 Å². The first kappa shape index (κ1) is 9.24. The maximum absolute atomic E-state index is 3.58.